The molecule has 12 rings (SSSR count). The summed E-state index contributed by atoms with van der Waals surface area (Å²) in [5.74, 6) is 6.39. The summed E-state index contributed by atoms with van der Waals surface area (Å²) in [5, 5.41) is 2.80. The number of para-hydroxylation sites is 1. The van der Waals surface area contributed by atoms with Crippen LogP contribution >= 0.6 is 0 Å². The molecule has 9 aromatic carbocycles. The lowest BCUT2D eigenvalue weighted by Crippen LogP contribution is -2.13. The molecule has 0 bridgehead atoms. The Morgan fingerprint density at radius 1 is 0.433 bits per heavy atom. The minimum Gasteiger partial charge on any atom is -0.310 e. The monoisotopic (exact) mass is 852 g/mol. The van der Waals surface area contributed by atoms with Crippen LogP contribution in [0.5, 0.6) is 0 Å². The zero-order chi connectivity index (χ0) is 44.5. The van der Waals surface area contributed by atoms with Crippen molar-refractivity contribution in [2.45, 2.75) is 19.3 Å². The van der Waals surface area contributed by atoms with E-state index in [1.807, 2.05) is 18.2 Å². The van der Waals surface area contributed by atoms with E-state index in [-0.39, 0.29) is 0 Å². The maximum Gasteiger partial charge on any atom is 0.0546 e. The molecule has 314 valence electrons. The van der Waals surface area contributed by atoms with Crippen LogP contribution in [0, 0.1) is 24.0 Å². The van der Waals surface area contributed by atoms with Gasteiger partial charge in [0.25, 0.3) is 0 Å². The zero-order valence-corrected chi connectivity index (χ0v) is 37.0. The predicted octanol–water partition coefficient (Wildman–Crippen LogP) is 16.9. The lowest BCUT2D eigenvalue weighted by Gasteiger charge is -2.31. The first-order valence-corrected chi connectivity index (χ1v) is 23.1. The second-order valence-electron chi connectivity index (χ2n) is 17.3. The summed E-state index contributed by atoms with van der Waals surface area (Å²) in [6.45, 7) is 0. The molecule has 0 aromatic heterocycles. The average Bonchev–Trinajstić information content (AvgIpc) is 3.70. The summed E-state index contributed by atoms with van der Waals surface area (Å²) < 4.78 is 0. The smallest absolute Gasteiger partial charge is 0.0546 e. The predicted molar refractivity (Wildman–Crippen MR) is 282 cm³/mol. The first kappa shape index (κ1) is 39.7. The van der Waals surface area contributed by atoms with Crippen molar-refractivity contribution < 1.29 is 0 Å². The van der Waals surface area contributed by atoms with Gasteiger partial charge in [-0.15, -0.1) is 0 Å². The van der Waals surface area contributed by atoms with Crippen LogP contribution < -0.4 is 9.80 Å². The Balaban J connectivity index is 0.937. The normalized spacial score (nSPS) is 13.0. The number of nitrogens with zero attached hydrogens (tertiary/aromatic N) is 2. The third-order valence-corrected chi connectivity index (χ3v) is 13.2. The standard InChI is InChI=1S/C65H44N2/c1-2-7-19-47(18-6-1)55-42-56(48-20-10-4-11-21-48)44-61(43-55)66(58-36-30-49(31-37-58)46-16-8-3-9-17-46)59-38-32-50(33-39-59)51-34-40-60(41-35-51)67(57-25-12-5-13-26-57)63-45-54-24-14-22-52-28-29-53-23-15-27-62(63)65(53)64(52)54/h3-6,8,10-16,18-21,24-45H,7,22-23H2. The van der Waals surface area contributed by atoms with Crippen molar-refractivity contribution in [2.24, 2.45) is 0 Å². The van der Waals surface area contributed by atoms with Crippen LogP contribution in [-0.2, 0) is 12.8 Å². The lowest BCUT2D eigenvalue weighted by atomic mass is 9.84. The summed E-state index contributed by atoms with van der Waals surface area (Å²) in [7, 11) is 0. The van der Waals surface area contributed by atoms with E-state index in [4.69, 9.17) is 0 Å². The highest BCUT2D eigenvalue weighted by molar-refractivity contribution is 6.08. The van der Waals surface area contributed by atoms with Gasteiger partial charge in [-0.05, 0) is 176 Å². The highest BCUT2D eigenvalue weighted by Gasteiger charge is 2.24. The Labute approximate surface area is 393 Å². The minimum absolute atomic E-state index is 0.709. The summed E-state index contributed by atoms with van der Waals surface area (Å²) in [6, 6.07) is 74.6. The van der Waals surface area contributed by atoms with E-state index >= 15 is 0 Å². The third-order valence-electron chi connectivity index (χ3n) is 13.2. The zero-order valence-electron chi connectivity index (χ0n) is 37.0. The van der Waals surface area contributed by atoms with Gasteiger partial charge < -0.3 is 9.80 Å². The number of rotatable bonds is 10. The van der Waals surface area contributed by atoms with Crippen LogP contribution in [0.3, 0.4) is 0 Å². The summed E-state index contributed by atoms with van der Waals surface area (Å²) in [4.78, 5) is 4.79. The second kappa shape index (κ2) is 17.3. The van der Waals surface area contributed by atoms with Gasteiger partial charge in [0.15, 0.2) is 0 Å². The van der Waals surface area contributed by atoms with Gasteiger partial charge in [0.2, 0.25) is 0 Å². The van der Waals surface area contributed by atoms with Crippen LogP contribution in [-0.4, -0.2) is 0 Å². The molecular formula is C65H44N2. The van der Waals surface area contributed by atoms with E-state index in [1.165, 1.54) is 38.7 Å². The van der Waals surface area contributed by atoms with Gasteiger partial charge in [0.05, 0.1) is 5.69 Å². The molecule has 0 spiro atoms. The van der Waals surface area contributed by atoms with E-state index < -0.39 is 0 Å². The van der Waals surface area contributed by atoms with Crippen molar-refractivity contribution in [3.8, 4) is 45.2 Å². The fourth-order valence-electron chi connectivity index (χ4n) is 9.96. The largest absolute Gasteiger partial charge is 0.310 e. The molecule has 2 nitrogen and oxygen atoms in total. The molecular weight excluding hydrogens is 809 g/mol. The molecule has 0 unspecified atom stereocenters. The van der Waals surface area contributed by atoms with Gasteiger partial charge in [-0.25, -0.2) is 0 Å². The van der Waals surface area contributed by atoms with Gasteiger partial charge in [-0.2, -0.15) is 0 Å². The molecule has 0 heterocycles. The van der Waals surface area contributed by atoms with E-state index in [1.54, 1.807) is 0 Å². The number of hydrogen-bond acceptors (Lipinski definition) is 2. The van der Waals surface area contributed by atoms with Crippen LogP contribution in [0.25, 0.3) is 61.9 Å². The molecule has 0 N–H and O–H groups in total. The first-order chi connectivity index (χ1) is 33.2. The highest BCUT2D eigenvalue weighted by atomic mass is 15.1. The molecule has 0 atom stereocenters. The maximum absolute atomic E-state index is 3.27. The molecule has 0 amide bonds. The SMILES string of the molecule is C1#CCC=C(c2cc(-c3ccccc3)cc(N(c3ccc(-c4c#cccc4)cc3)c3ccc(-c4ccc(N(c5ccccc5)c5cc6c7c(ccc8c7c5C=CC8)CC=C6)cc4)cc3)c2)C=C1. The van der Waals surface area contributed by atoms with Crippen molar-refractivity contribution >= 4 is 62.6 Å². The number of allylic oxidation sites excluding steroid dienone is 6. The fraction of sp³-hybridized carbons (Fsp3) is 0.0462. The molecule has 0 fully saturated rings. The van der Waals surface area contributed by atoms with Crippen molar-refractivity contribution in [1.29, 1.82) is 0 Å². The van der Waals surface area contributed by atoms with Crippen LogP contribution in [0.1, 0.15) is 34.2 Å². The fourth-order valence-corrected chi connectivity index (χ4v) is 9.96. The molecule has 67 heavy (non-hydrogen) atoms. The Morgan fingerprint density at radius 2 is 1.04 bits per heavy atom. The quantitative estimate of drug-likeness (QED) is 0.127. The summed E-state index contributed by atoms with van der Waals surface area (Å²) in [6.07, 6.45) is 18.2. The van der Waals surface area contributed by atoms with E-state index in [2.05, 4.69) is 246 Å². The molecule has 0 saturated heterocycles. The van der Waals surface area contributed by atoms with Gasteiger partial charge >= 0.3 is 0 Å². The van der Waals surface area contributed by atoms with Gasteiger partial charge in [0.1, 0.15) is 0 Å². The molecule has 0 aliphatic heterocycles. The Kier molecular flexibility index (Phi) is 10.3. The van der Waals surface area contributed by atoms with E-state index in [0.717, 1.165) is 85.8 Å². The van der Waals surface area contributed by atoms with Crippen molar-refractivity contribution in [3.05, 3.63) is 258 Å². The van der Waals surface area contributed by atoms with Gasteiger partial charge in [-0.3, -0.25) is 0 Å². The van der Waals surface area contributed by atoms with E-state index in [9.17, 15) is 0 Å². The summed E-state index contributed by atoms with van der Waals surface area (Å²) >= 11 is 0. The maximum atomic E-state index is 3.27. The molecule has 3 aliphatic rings. The number of benzene rings is 8. The lowest BCUT2D eigenvalue weighted by molar-refractivity contribution is 1.22. The molecule has 9 aromatic rings. The second-order valence-corrected chi connectivity index (χ2v) is 17.3. The third kappa shape index (κ3) is 7.62. The van der Waals surface area contributed by atoms with Gasteiger partial charge in [0, 0.05) is 46.0 Å². The highest BCUT2D eigenvalue weighted by Crippen LogP contribution is 2.47. The van der Waals surface area contributed by atoms with Crippen LogP contribution in [0.2, 0.25) is 0 Å². The minimum atomic E-state index is 0.709. The number of anilines is 6. The van der Waals surface area contributed by atoms with Crippen molar-refractivity contribution in [3.63, 3.8) is 0 Å². The molecule has 2 heteroatoms. The Bertz CT molecular complexity index is 3490. The molecule has 0 radical (unpaired) electrons. The first-order valence-electron chi connectivity index (χ1n) is 23.1. The number of hydrogen-bond donors (Lipinski definition) is 0. The molecule has 0 saturated carbocycles. The van der Waals surface area contributed by atoms with E-state index in [0.29, 0.717) is 6.42 Å². The van der Waals surface area contributed by atoms with Gasteiger partial charge in [-0.1, -0.05) is 157 Å². The Morgan fingerprint density at radius 3 is 1.75 bits per heavy atom. The average molecular weight is 853 g/mol. The van der Waals surface area contributed by atoms with Crippen molar-refractivity contribution in [2.75, 3.05) is 9.80 Å². The van der Waals surface area contributed by atoms with Crippen molar-refractivity contribution in [1.82, 2.24) is 0 Å². The molecule has 3 aliphatic carbocycles. The van der Waals surface area contributed by atoms with Crippen LogP contribution in [0.4, 0.5) is 34.1 Å². The Hall–Kier alpha value is -8.82. The van der Waals surface area contributed by atoms with Crippen LogP contribution in [0.15, 0.2) is 218 Å². The topological polar surface area (TPSA) is 6.48 Å². The summed E-state index contributed by atoms with van der Waals surface area (Å²) in [5.41, 5.74) is 21.0.